The molecule has 4 heteroatoms. The van der Waals surface area contributed by atoms with E-state index >= 15 is 0 Å². The summed E-state index contributed by atoms with van der Waals surface area (Å²) in [6.45, 7) is 5.41. The van der Waals surface area contributed by atoms with Gasteiger partial charge in [0.25, 0.3) is 0 Å². The van der Waals surface area contributed by atoms with Crippen LogP contribution in [0.1, 0.15) is 37.3 Å². The first-order valence-electron chi connectivity index (χ1n) is 7.60. The number of rotatable bonds is 4. The highest BCUT2D eigenvalue weighted by Gasteiger charge is 2.26. The number of aliphatic hydroxyl groups is 1. The average Bonchev–Trinajstić information content (AvgIpc) is 2.60. The molecule has 3 nitrogen and oxygen atoms in total. The van der Waals surface area contributed by atoms with Gasteiger partial charge < -0.3 is 10.0 Å². The second-order valence-corrected chi connectivity index (χ2v) is 7.20. The third kappa shape index (κ3) is 5.36. The molecule has 1 aromatic rings. The number of carbonyl (C=O) groups excluding carboxylic acids is 1. The number of hydrogen-bond acceptors (Lipinski definition) is 3. The van der Waals surface area contributed by atoms with Crippen LogP contribution in [0.15, 0.2) is 24.3 Å². The van der Waals surface area contributed by atoms with E-state index in [1.54, 1.807) is 11.8 Å². The van der Waals surface area contributed by atoms with Crippen LogP contribution < -0.4 is 0 Å². The van der Waals surface area contributed by atoms with Gasteiger partial charge in [-0.3, -0.25) is 4.79 Å². The minimum Gasteiger partial charge on any atom is -0.390 e. The van der Waals surface area contributed by atoms with Crippen molar-refractivity contribution in [1.82, 2.24) is 4.90 Å². The van der Waals surface area contributed by atoms with Gasteiger partial charge in [0, 0.05) is 18.8 Å². The number of benzene rings is 1. The molecule has 1 atom stereocenters. The van der Waals surface area contributed by atoms with Gasteiger partial charge in [-0.15, -0.1) is 11.8 Å². The maximum absolute atomic E-state index is 12.2. The van der Waals surface area contributed by atoms with E-state index in [9.17, 15) is 9.90 Å². The largest absolute Gasteiger partial charge is 0.390 e. The molecule has 0 aliphatic carbocycles. The third-order valence-electron chi connectivity index (χ3n) is 3.99. The zero-order chi connectivity index (χ0) is 15.3. The first-order valence-corrected chi connectivity index (χ1v) is 8.75. The summed E-state index contributed by atoms with van der Waals surface area (Å²) in [5.74, 6) is 1.60. The van der Waals surface area contributed by atoms with Crippen molar-refractivity contribution in [2.24, 2.45) is 0 Å². The molecule has 2 rings (SSSR count). The highest BCUT2D eigenvalue weighted by molar-refractivity contribution is 7.99. The lowest BCUT2D eigenvalue weighted by molar-refractivity contribution is -0.128. The second kappa shape index (κ2) is 7.32. The zero-order valence-electron chi connectivity index (χ0n) is 13.0. The van der Waals surface area contributed by atoms with Crippen molar-refractivity contribution < 1.29 is 9.90 Å². The average molecular weight is 307 g/mol. The topological polar surface area (TPSA) is 40.5 Å². The fourth-order valence-corrected chi connectivity index (χ4v) is 3.54. The van der Waals surface area contributed by atoms with Crippen molar-refractivity contribution in [3.63, 3.8) is 0 Å². The number of nitrogens with zero attached hydrogens (tertiary/aromatic N) is 1. The van der Waals surface area contributed by atoms with Crippen molar-refractivity contribution in [3.05, 3.63) is 35.4 Å². The van der Waals surface area contributed by atoms with Crippen LogP contribution in [0, 0.1) is 6.92 Å². The lowest BCUT2D eigenvalue weighted by Gasteiger charge is -2.22. The molecule has 0 spiro atoms. The predicted molar refractivity (Wildman–Crippen MR) is 88.4 cm³/mol. The summed E-state index contributed by atoms with van der Waals surface area (Å²) in [7, 11) is 0. The highest BCUT2D eigenvalue weighted by atomic mass is 32.2. The van der Waals surface area contributed by atoms with E-state index in [4.69, 9.17) is 0 Å². The molecule has 0 radical (unpaired) electrons. The second-order valence-electron chi connectivity index (χ2n) is 6.21. The lowest BCUT2D eigenvalue weighted by Crippen LogP contribution is -2.34. The summed E-state index contributed by atoms with van der Waals surface area (Å²) in [6, 6.07) is 8.42. The van der Waals surface area contributed by atoms with Crippen LogP contribution in [0.4, 0.5) is 0 Å². The molecule has 0 saturated carbocycles. The van der Waals surface area contributed by atoms with Crippen LogP contribution in [0.5, 0.6) is 0 Å². The number of amides is 1. The number of hydrogen-bond donors (Lipinski definition) is 1. The number of aryl methyl sites for hydroxylation is 1. The van der Waals surface area contributed by atoms with Crippen molar-refractivity contribution in [2.75, 3.05) is 18.8 Å². The van der Waals surface area contributed by atoms with Crippen molar-refractivity contribution in [1.29, 1.82) is 0 Å². The monoisotopic (exact) mass is 307 g/mol. The Morgan fingerprint density at radius 1 is 1.38 bits per heavy atom. The molecule has 1 aliphatic heterocycles. The molecule has 1 unspecified atom stereocenters. The van der Waals surface area contributed by atoms with E-state index in [1.807, 2.05) is 11.8 Å². The van der Waals surface area contributed by atoms with Gasteiger partial charge in [0.15, 0.2) is 0 Å². The summed E-state index contributed by atoms with van der Waals surface area (Å²) < 4.78 is 0. The van der Waals surface area contributed by atoms with E-state index in [0.29, 0.717) is 18.7 Å². The number of likely N-dealkylation sites (tertiary alicyclic amines) is 1. The van der Waals surface area contributed by atoms with Gasteiger partial charge in [-0.1, -0.05) is 29.8 Å². The van der Waals surface area contributed by atoms with Gasteiger partial charge in [-0.25, -0.2) is 0 Å². The summed E-state index contributed by atoms with van der Waals surface area (Å²) in [6.07, 6.45) is 2.36. The summed E-state index contributed by atoms with van der Waals surface area (Å²) in [4.78, 5) is 14.1. The van der Waals surface area contributed by atoms with Gasteiger partial charge >= 0.3 is 0 Å². The molecule has 1 saturated heterocycles. The van der Waals surface area contributed by atoms with Gasteiger partial charge in [-0.05, 0) is 38.7 Å². The van der Waals surface area contributed by atoms with Crippen LogP contribution in [0.25, 0.3) is 0 Å². The van der Waals surface area contributed by atoms with Crippen molar-refractivity contribution >= 4 is 17.7 Å². The molecule has 1 amide bonds. The highest BCUT2D eigenvalue weighted by Crippen LogP contribution is 2.22. The zero-order valence-corrected chi connectivity index (χ0v) is 13.8. The first kappa shape index (κ1) is 16.4. The van der Waals surface area contributed by atoms with E-state index in [2.05, 4.69) is 31.2 Å². The molecular formula is C17H25NO2S. The summed E-state index contributed by atoms with van der Waals surface area (Å²) in [5, 5.41) is 10.1. The number of carbonyl (C=O) groups is 1. The predicted octanol–water partition coefficient (Wildman–Crippen LogP) is 2.99. The Hall–Kier alpha value is -1.00. The van der Waals surface area contributed by atoms with Crippen molar-refractivity contribution in [3.8, 4) is 0 Å². The molecule has 0 aromatic heterocycles. The molecule has 21 heavy (non-hydrogen) atoms. The minimum absolute atomic E-state index is 0.199. The number of thioether (sulfide) groups is 1. The SMILES string of the molecule is Cc1cccc(CSCC(=O)N2CCCC(C)(O)CC2)c1. The standard InChI is InChI=1S/C17H25NO2S/c1-14-5-3-6-15(11-14)12-21-13-16(19)18-9-4-7-17(2,20)8-10-18/h3,5-6,11,20H,4,7-10,12-13H2,1-2H3. The van der Waals surface area contributed by atoms with Crippen LogP contribution in [-0.2, 0) is 10.5 Å². The molecule has 0 bridgehead atoms. The van der Waals surface area contributed by atoms with E-state index in [0.717, 1.165) is 25.1 Å². The van der Waals surface area contributed by atoms with Gasteiger partial charge in [0.1, 0.15) is 0 Å². The summed E-state index contributed by atoms with van der Waals surface area (Å²) >= 11 is 1.67. The maximum atomic E-state index is 12.2. The van der Waals surface area contributed by atoms with Gasteiger partial charge in [0.05, 0.1) is 11.4 Å². The fourth-order valence-electron chi connectivity index (χ4n) is 2.66. The Labute approximate surface area is 131 Å². The van der Waals surface area contributed by atoms with Gasteiger partial charge in [0.2, 0.25) is 5.91 Å². The van der Waals surface area contributed by atoms with Crippen LogP contribution in [0.2, 0.25) is 0 Å². The van der Waals surface area contributed by atoms with Gasteiger partial charge in [-0.2, -0.15) is 0 Å². The molecular weight excluding hydrogens is 282 g/mol. The normalized spacial score (nSPS) is 22.9. The minimum atomic E-state index is -0.607. The Bertz CT molecular complexity index is 487. The van der Waals surface area contributed by atoms with E-state index in [-0.39, 0.29) is 5.91 Å². The smallest absolute Gasteiger partial charge is 0.232 e. The van der Waals surface area contributed by atoms with Crippen LogP contribution in [0.3, 0.4) is 0 Å². The molecule has 1 fully saturated rings. The Kier molecular flexibility index (Phi) is 5.71. The molecule has 1 heterocycles. The third-order valence-corrected chi connectivity index (χ3v) is 4.98. The Morgan fingerprint density at radius 2 is 2.19 bits per heavy atom. The molecule has 1 aliphatic rings. The first-order chi connectivity index (χ1) is 9.96. The maximum Gasteiger partial charge on any atom is 0.232 e. The quantitative estimate of drug-likeness (QED) is 0.929. The molecule has 1 N–H and O–H groups in total. The lowest BCUT2D eigenvalue weighted by atomic mass is 9.98. The van der Waals surface area contributed by atoms with Crippen molar-refractivity contribution in [2.45, 2.75) is 44.5 Å². The molecule has 116 valence electrons. The Balaban J connectivity index is 1.77. The van der Waals surface area contributed by atoms with Crippen LogP contribution >= 0.6 is 11.8 Å². The fraction of sp³-hybridized carbons (Fsp3) is 0.588. The summed E-state index contributed by atoms with van der Waals surface area (Å²) in [5.41, 5.74) is 1.92. The molecule has 1 aromatic carbocycles. The van der Waals surface area contributed by atoms with Crippen LogP contribution in [-0.4, -0.2) is 40.4 Å². The Morgan fingerprint density at radius 3 is 2.95 bits per heavy atom. The van der Waals surface area contributed by atoms with E-state index < -0.39 is 5.60 Å². The van der Waals surface area contributed by atoms with E-state index in [1.165, 1.54) is 11.1 Å².